The van der Waals surface area contributed by atoms with Crippen molar-refractivity contribution in [2.45, 2.75) is 31.6 Å². The normalized spacial score (nSPS) is 14.1. The highest BCUT2D eigenvalue weighted by Crippen LogP contribution is 2.49. The average Bonchev–Trinajstić information content (AvgIpc) is 3.37. The molecule has 1 aliphatic rings. The van der Waals surface area contributed by atoms with Gasteiger partial charge >= 0.3 is 0 Å². The molecule has 2 N–H and O–H groups in total. The topological polar surface area (TPSA) is 99.4 Å². The van der Waals surface area contributed by atoms with Crippen LogP contribution >= 0.6 is 0 Å². The lowest BCUT2D eigenvalue weighted by molar-refractivity contribution is 0.285. The van der Waals surface area contributed by atoms with Gasteiger partial charge in [0, 0.05) is 42.6 Å². The van der Waals surface area contributed by atoms with Crippen molar-refractivity contribution in [2.75, 3.05) is 23.7 Å². The van der Waals surface area contributed by atoms with E-state index in [-0.39, 0.29) is 24.9 Å². The van der Waals surface area contributed by atoms with E-state index in [0.717, 1.165) is 29.4 Å². The van der Waals surface area contributed by atoms with Crippen LogP contribution in [0.4, 0.5) is 10.1 Å². The van der Waals surface area contributed by atoms with Crippen molar-refractivity contribution in [3.8, 4) is 22.7 Å². The summed E-state index contributed by atoms with van der Waals surface area (Å²) in [4.78, 5) is 7.57. The van der Waals surface area contributed by atoms with Crippen molar-refractivity contribution in [3.63, 3.8) is 0 Å². The number of fused-ring (bicyclic) bond motifs is 1. The van der Waals surface area contributed by atoms with E-state index in [0.29, 0.717) is 41.3 Å². The molecule has 4 aromatic rings. The Hall–Kier alpha value is -3.17. The number of unbranched alkanes of at least 4 members (excludes halogenated alkanes) is 1. The maximum absolute atomic E-state index is 13.6. The zero-order chi connectivity index (χ0) is 23.9. The van der Waals surface area contributed by atoms with Crippen molar-refractivity contribution < 1.29 is 22.3 Å². The van der Waals surface area contributed by atoms with Gasteiger partial charge in [0.15, 0.2) is 0 Å². The molecule has 0 unspecified atom stereocenters. The van der Waals surface area contributed by atoms with E-state index in [1.807, 2.05) is 6.07 Å². The smallest absolute Gasteiger partial charge is 0.232 e. The molecule has 7 nitrogen and oxygen atoms in total. The van der Waals surface area contributed by atoms with Crippen LogP contribution in [0, 0.1) is 5.82 Å². The van der Waals surface area contributed by atoms with E-state index < -0.39 is 10.0 Å². The molecule has 0 bridgehead atoms. The van der Waals surface area contributed by atoms with E-state index in [4.69, 9.17) is 4.42 Å². The standard InChI is InChI=1S/C25H26FN3O4S/c1-34(31,32)29(12-2-3-13-30)21-15-22-20(14-19(21)16-4-5-16)23(25-27-10-11-28-25)24(33-22)17-6-8-18(26)9-7-17/h6-11,14-16,30H,2-5,12-13H2,1H3,(H,27,28). The van der Waals surface area contributed by atoms with Crippen molar-refractivity contribution in [1.82, 2.24) is 9.97 Å². The van der Waals surface area contributed by atoms with Gasteiger partial charge in [-0.2, -0.15) is 0 Å². The van der Waals surface area contributed by atoms with Crippen LogP contribution in [0.3, 0.4) is 0 Å². The molecule has 0 atom stereocenters. The lowest BCUT2D eigenvalue weighted by Crippen LogP contribution is -2.31. The first-order valence-corrected chi connectivity index (χ1v) is 13.2. The molecule has 9 heteroatoms. The molecule has 1 aliphatic carbocycles. The minimum Gasteiger partial charge on any atom is -0.455 e. The van der Waals surface area contributed by atoms with Crippen LogP contribution in [0.1, 0.15) is 37.2 Å². The maximum atomic E-state index is 13.6. The van der Waals surface area contributed by atoms with Gasteiger partial charge in [0.05, 0.1) is 17.5 Å². The van der Waals surface area contributed by atoms with E-state index in [9.17, 15) is 17.9 Å². The molecule has 2 heterocycles. The number of aromatic nitrogens is 2. The number of hydrogen-bond donors (Lipinski definition) is 2. The van der Waals surface area contributed by atoms with Crippen LogP contribution in [0.5, 0.6) is 0 Å². The molecule has 1 fully saturated rings. The minimum atomic E-state index is -3.55. The Balaban J connectivity index is 1.73. The summed E-state index contributed by atoms with van der Waals surface area (Å²) in [6, 6.07) is 9.87. The molecule has 0 saturated heterocycles. The number of nitrogens with one attached hydrogen (secondary N) is 1. The third kappa shape index (κ3) is 4.33. The molecule has 2 aromatic carbocycles. The summed E-state index contributed by atoms with van der Waals surface area (Å²) in [6.45, 7) is 0.291. The van der Waals surface area contributed by atoms with Crippen LogP contribution in [-0.2, 0) is 10.0 Å². The number of benzene rings is 2. The molecule has 0 radical (unpaired) electrons. The zero-order valence-electron chi connectivity index (χ0n) is 18.8. The van der Waals surface area contributed by atoms with Crippen LogP contribution in [0.25, 0.3) is 33.7 Å². The van der Waals surface area contributed by atoms with Gasteiger partial charge in [-0.3, -0.25) is 4.31 Å². The van der Waals surface area contributed by atoms with Crippen LogP contribution < -0.4 is 4.31 Å². The fourth-order valence-corrected chi connectivity index (χ4v) is 5.34. The second-order valence-electron chi connectivity index (χ2n) is 8.70. The second kappa shape index (κ2) is 8.88. The Kier molecular flexibility index (Phi) is 5.91. The van der Waals surface area contributed by atoms with Crippen molar-refractivity contribution in [1.29, 1.82) is 0 Å². The lowest BCUT2D eigenvalue weighted by Gasteiger charge is -2.25. The third-order valence-corrected chi connectivity index (χ3v) is 7.31. The number of aliphatic hydroxyl groups excluding tert-OH is 1. The second-order valence-corrected chi connectivity index (χ2v) is 10.6. The van der Waals surface area contributed by atoms with Gasteiger partial charge in [0.25, 0.3) is 0 Å². The molecular formula is C25H26FN3O4S. The van der Waals surface area contributed by atoms with Gasteiger partial charge in [0.2, 0.25) is 10.0 Å². The molecule has 34 heavy (non-hydrogen) atoms. The highest BCUT2D eigenvalue weighted by atomic mass is 32.2. The molecular weight excluding hydrogens is 457 g/mol. The maximum Gasteiger partial charge on any atom is 0.232 e. The molecule has 1 saturated carbocycles. The Bertz CT molecular complexity index is 1410. The Morgan fingerprint density at radius 3 is 2.59 bits per heavy atom. The SMILES string of the molecule is CS(=O)(=O)N(CCCCO)c1cc2oc(-c3ccc(F)cc3)c(-c3ncc[nH]3)c2cc1C1CC1. The van der Waals surface area contributed by atoms with Crippen molar-refractivity contribution >= 4 is 26.7 Å². The fraction of sp³-hybridized carbons (Fsp3) is 0.320. The van der Waals surface area contributed by atoms with Gasteiger partial charge in [-0.25, -0.2) is 17.8 Å². The molecule has 5 rings (SSSR count). The lowest BCUT2D eigenvalue weighted by atomic mass is 10.0. The molecule has 0 spiro atoms. The highest BCUT2D eigenvalue weighted by molar-refractivity contribution is 7.92. The molecule has 178 valence electrons. The van der Waals surface area contributed by atoms with E-state index in [1.54, 1.807) is 30.6 Å². The summed E-state index contributed by atoms with van der Waals surface area (Å²) >= 11 is 0. The number of hydrogen-bond acceptors (Lipinski definition) is 5. The summed E-state index contributed by atoms with van der Waals surface area (Å²) in [6.07, 6.45) is 7.63. The Morgan fingerprint density at radius 1 is 1.21 bits per heavy atom. The first-order chi connectivity index (χ1) is 16.4. The number of halogens is 1. The number of anilines is 1. The summed E-state index contributed by atoms with van der Waals surface area (Å²) in [5, 5.41) is 10.0. The van der Waals surface area contributed by atoms with Gasteiger partial charge in [-0.05, 0) is 67.5 Å². The summed E-state index contributed by atoms with van der Waals surface area (Å²) in [5.74, 6) is 1.09. The number of furan rings is 1. The minimum absolute atomic E-state index is 0.0117. The summed E-state index contributed by atoms with van der Waals surface area (Å²) in [5.41, 5.74) is 3.55. The first-order valence-electron chi connectivity index (χ1n) is 11.3. The number of H-pyrrole nitrogens is 1. The number of imidazole rings is 1. The number of aromatic amines is 1. The monoisotopic (exact) mass is 483 g/mol. The molecule has 2 aromatic heterocycles. The van der Waals surface area contributed by atoms with E-state index >= 15 is 0 Å². The zero-order valence-corrected chi connectivity index (χ0v) is 19.6. The Labute approximate surface area is 197 Å². The van der Waals surface area contributed by atoms with Crippen molar-refractivity contribution in [3.05, 3.63) is 60.2 Å². The summed E-state index contributed by atoms with van der Waals surface area (Å²) < 4.78 is 46.8. The quantitative estimate of drug-likeness (QED) is 0.325. The van der Waals surface area contributed by atoms with Crippen molar-refractivity contribution in [2.24, 2.45) is 0 Å². The fourth-order valence-electron chi connectivity index (χ4n) is 4.36. The van der Waals surface area contributed by atoms with Crippen LogP contribution in [0.15, 0.2) is 53.2 Å². The molecule has 0 aliphatic heterocycles. The number of sulfonamides is 1. The number of rotatable bonds is 9. The molecule has 0 amide bonds. The predicted molar refractivity (Wildman–Crippen MR) is 130 cm³/mol. The first kappa shape index (κ1) is 22.6. The predicted octanol–water partition coefficient (Wildman–Crippen LogP) is 5.04. The Morgan fingerprint density at radius 2 is 1.97 bits per heavy atom. The van der Waals surface area contributed by atoms with Gasteiger partial charge in [-0.1, -0.05) is 0 Å². The summed E-state index contributed by atoms with van der Waals surface area (Å²) in [7, 11) is -3.55. The van der Waals surface area contributed by atoms with Gasteiger partial charge in [0.1, 0.15) is 23.0 Å². The van der Waals surface area contributed by atoms with Gasteiger partial charge < -0.3 is 14.5 Å². The average molecular weight is 484 g/mol. The highest BCUT2D eigenvalue weighted by Gasteiger charge is 2.32. The van der Waals surface area contributed by atoms with E-state index in [2.05, 4.69) is 9.97 Å². The van der Waals surface area contributed by atoms with Crippen LogP contribution in [0.2, 0.25) is 0 Å². The number of aliphatic hydroxyl groups is 1. The largest absolute Gasteiger partial charge is 0.455 e. The van der Waals surface area contributed by atoms with E-state index in [1.165, 1.54) is 22.7 Å². The number of nitrogens with zero attached hydrogens (tertiary/aromatic N) is 2. The van der Waals surface area contributed by atoms with Crippen LogP contribution in [-0.4, -0.2) is 42.9 Å². The van der Waals surface area contributed by atoms with Gasteiger partial charge in [-0.15, -0.1) is 0 Å². The third-order valence-electron chi connectivity index (χ3n) is 6.13.